The van der Waals surface area contributed by atoms with Gasteiger partial charge in [0.25, 0.3) is 5.69 Å². The van der Waals surface area contributed by atoms with Crippen molar-refractivity contribution in [2.24, 2.45) is 5.10 Å². The van der Waals surface area contributed by atoms with E-state index >= 15 is 0 Å². The summed E-state index contributed by atoms with van der Waals surface area (Å²) in [6.07, 6.45) is 3.83. The number of hydrogen-bond donors (Lipinski definition) is 0. The van der Waals surface area contributed by atoms with Crippen LogP contribution in [0.5, 0.6) is 0 Å². The van der Waals surface area contributed by atoms with Crippen molar-refractivity contribution < 1.29 is 14.6 Å². The standard InChI is InChI=1S/C17H24Cl2N2.C10H8N4O5/c1-3-10-20(11-4-2)15-16-6-5-7-17(14-16)21(12-8-18)13-9-19;1-6-9(14(18)19)10(15)12(11-6)7-2-4-8(5-3-7)13(16)17/h3-7,14H,1-2,8-13,15H2;2-5,9H,1H3. The van der Waals surface area contributed by atoms with Crippen LogP contribution in [0.4, 0.5) is 17.1 Å². The van der Waals surface area contributed by atoms with Gasteiger partial charge < -0.3 is 4.90 Å². The molecule has 1 unspecified atom stereocenters. The minimum absolute atomic E-state index is 0.0772. The lowest BCUT2D eigenvalue weighted by Gasteiger charge is -2.24. The molecule has 11 nitrogen and oxygen atoms in total. The first-order chi connectivity index (χ1) is 19.2. The molecule has 0 radical (unpaired) electrons. The highest BCUT2D eigenvalue weighted by Gasteiger charge is 2.43. The molecule has 214 valence electrons. The number of non-ortho nitro benzene ring substituents is 1. The fourth-order valence-electron chi connectivity index (χ4n) is 3.95. The number of amides is 1. The summed E-state index contributed by atoms with van der Waals surface area (Å²) in [6.45, 7) is 13.2. The molecular weight excluding hydrogens is 559 g/mol. The van der Waals surface area contributed by atoms with Crippen LogP contribution < -0.4 is 9.91 Å². The van der Waals surface area contributed by atoms with E-state index in [1.807, 2.05) is 12.2 Å². The van der Waals surface area contributed by atoms with Crippen LogP contribution in [0.15, 0.2) is 78.9 Å². The number of nitro benzene ring substituents is 1. The maximum atomic E-state index is 11.8. The van der Waals surface area contributed by atoms with Gasteiger partial charge in [-0.05, 0) is 36.8 Å². The van der Waals surface area contributed by atoms with Gasteiger partial charge in [0.05, 0.1) is 10.6 Å². The van der Waals surface area contributed by atoms with E-state index in [-0.39, 0.29) is 17.1 Å². The van der Waals surface area contributed by atoms with Crippen LogP contribution >= 0.6 is 23.2 Å². The molecule has 0 spiro atoms. The van der Waals surface area contributed by atoms with Gasteiger partial charge in [0, 0.05) is 67.2 Å². The molecule has 0 N–H and O–H groups in total. The molecule has 1 aliphatic rings. The summed E-state index contributed by atoms with van der Waals surface area (Å²) in [5, 5.41) is 25.9. The van der Waals surface area contributed by atoms with Gasteiger partial charge in [-0.2, -0.15) is 10.1 Å². The van der Waals surface area contributed by atoms with E-state index in [4.69, 9.17) is 23.2 Å². The summed E-state index contributed by atoms with van der Waals surface area (Å²) in [5.41, 5.74) is 2.63. The van der Waals surface area contributed by atoms with Gasteiger partial charge in [-0.1, -0.05) is 24.3 Å². The second kappa shape index (κ2) is 16.3. The molecule has 2 aromatic rings. The topological polar surface area (TPSA) is 125 Å². The Bertz CT molecular complexity index is 1210. The number of anilines is 2. The number of nitro groups is 2. The van der Waals surface area contributed by atoms with Crippen LogP contribution in [0.1, 0.15) is 12.5 Å². The zero-order valence-corrected chi connectivity index (χ0v) is 23.7. The van der Waals surface area contributed by atoms with E-state index in [0.29, 0.717) is 11.8 Å². The molecule has 1 heterocycles. The Kier molecular flexibility index (Phi) is 13.2. The number of rotatable bonds is 14. The Hall–Kier alpha value is -3.80. The second-order valence-corrected chi connectivity index (χ2v) is 9.42. The third-order valence-electron chi connectivity index (χ3n) is 5.78. The average Bonchev–Trinajstić information content (AvgIpc) is 3.23. The fourth-order valence-corrected chi connectivity index (χ4v) is 4.36. The minimum atomic E-state index is -1.49. The maximum absolute atomic E-state index is 11.8. The molecule has 1 amide bonds. The van der Waals surface area contributed by atoms with Gasteiger partial charge >= 0.3 is 11.9 Å². The monoisotopic (exact) mass is 590 g/mol. The maximum Gasteiger partial charge on any atom is 0.331 e. The van der Waals surface area contributed by atoms with Crippen molar-refractivity contribution in [1.82, 2.24) is 4.90 Å². The molecule has 0 saturated carbocycles. The van der Waals surface area contributed by atoms with E-state index in [9.17, 15) is 25.0 Å². The first-order valence-corrected chi connectivity index (χ1v) is 13.4. The number of benzene rings is 2. The third kappa shape index (κ3) is 9.15. The Balaban J connectivity index is 0.000000281. The molecule has 0 saturated heterocycles. The molecule has 2 aromatic carbocycles. The van der Waals surface area contributed by atoms with Crippen molar-refractivity contribution in [2.45, 2.75) is 19.5 Å². The summed E-state index contributed by atoms with van der Waals surface area (Å²) in [5.74, 6) is 0.414. The van der Waals surface area contributed by atoms with Crippen LogP contribution in [-0.4, -0.2) is 70.3 Å². The van der Waals surface area contributed by atoms with Crippen molar-refractivity contribution in [1.29, 1.82) is 0 Å². The van der Waals surface area contributed by atoms with Crippen LogP contribution in [-0.2, 0) is 11.3 Å². The summed E-state index contributed by atoms with van der Waals surface area (Å²) in [7, 11) is 0. The Morgan fingerprint density at radius 3 is 2.10 bits per heavy atom. The van der Waals surface area contributed by atoms with Gasteiger partial charge in [0.1, 0.15) is 5.71 Å². The van der Waals surface area contributed by atoms with Gasteiger partial charge in [-0.25, -0.2) is 0 Å². The fraction of sp³-hybridized carbons (Fsp3) is 0.333. The molecule has 1 aliphatic heterocycles. The van der Waals surface area contributed by atoms with Crippen molar-refractivity contribution in [3.8, 4) is 0 Å². The van der Waals surface area contributed by atoms with E-state index in [2.05, 4.69) is 52.3 Å². The van der Waals surface area contributed by atoms with E-state index in [0.717, 1.165) is 37.7 Å². The highest BCUT2D eigenvalue weighted by atomic mass is 35.5. The number of carbonyl (C=O) groups excluding carboxylic acids is 1. The molecule has 0 aromatic heterocycles. The third-order valence-corrected chi connectivity index (χ3v) is 6.12. The van der Waals surface area contributed by atoms with E-state index in [1.54, 1.807) is 0 Å². The van der Waals surface area contributed by atoms with Gasteiger partial charge in [-0.3, -0.25) is 29.9 Å². The number of hydrazone groups is 1. The van der Waals surface area contributed by atoms with Crippen molar-refractivity contribution in [2.75, 3.05) is 47.8 Å². The Morgan fingerprint density at radius 2 is 1.62 bits per heavy atom. The average molecular weight is 591 g/mol. The predicted molar refractivity (Wildman–Crippen MR) is 160 cm³/mol. The Morgan fingerprint density at radius 1 is 1.02 bits per heavy atom. The zero-order valence-electron chi connectivity index (χ0n) is 22.2. The molecule has 0 aliphatic carbocycles. The van der Waals surface area contributed by atoms with E-state index < -0.39 is 21.8 Å². The number of halogens is 2. The Labute approximate surface area is 243 Å². The number of alkyl halides is 2. The quantitative estimate of drug-likeness (QED) is 0.129. The predicted octanol–water partition coefficient (Wildman–Crippen LogP) is 5.11. The number of carbonyl (C=O) groups is 1. The first-order valence-electron chi connectivity index (χ1n) is 12.3. The molecule has 13 heteroatoms. The summed E-state index contributed by atoms with van der Waals surface area (Å²) >= 11 is 11.7. The summed E-state index contributed by atoms with van der Waals surface area (Å²) < 4.78 is 0. The number of hydrogen-bond acceptors (Lipinski definition) is 8. The molecule has 0 bridgehead atoms. The molecule has 0 fully saturated rings. The van der Waals surface area contributed by atoms with Crippen molar-refractivity contribution >= 4 is 51.9 Å². The minimum Gasteiger partial charge on any atom is -0.369 e. The smallest absolute Gasteiger partial charge is 0.331 e. The lowest BCUT2D eigenvalue weighted by molar-refractivity contribution is -0.488. The first kappa shape index (κ1) is 32.4. The van der Waals surface area contributed by atoms with E-state index in [1.165, 1.54) is 42.4 Å². The molecule has 1 atom stereocenters. The SMILES string of the molecule is C=CCN(CC=C)Cc1cccc(N(CCCl)CCCl)c1.CC1=NN(c2ccc([N+](=O)[O-])cc2)C(=O)C1[N+](=O)[O-]. The van der Waals surface area contributed by atoms with Crippen LogP contribution in [0.25, 0.3) is 0 Å². The largest absolute Gasteiger partial charge is 0.369 e. The molecular formula is C27H32Cl2N6O5. The zero-order chi connectivity index (χ0) is 29.7. The normalized spacial score (nSPS) is 14.3. The van der Waals surface area contributed by atoms with Gasteiger partial charge in [0.2, 0.25) is 0 Å². The highest BCUT2D eigenvalue weighted by molar-refractivity contribution is 6.18. The van der Waals surface area contributed by atoms with Crippen LogP contribution in [0.2, 0.25) is 0 Å². The van der Waals surface area contributed by atoms with Crippen molar-refractivity contribution in [3.63, 3.8) is 0 Å². The van der Waals surface area contributed by atoms with Gasteiger partial charge in [0.15, 0.2) is 0 Å². The van der Waals surface area contributed by atoms with Crippen LogP contribution in [0.3, 0.4) is 0 Å². The molecule has 40 heavy (non-hydrogen) atoms. The summed E-state index contributed by atoms with van der Waals surface area (Å²) in [6, 6.07) is 12.1. The lowest BCUT2D eigenvalue weighted by Crippen LogP contribution is -2.37. The summed E-state index contributed by atoms with van der Waals surface area (Å²) in [4.78, 5) is 36.2. The molecule has 3 rings (SSSR count). The number of nitrogens with zero attached hydrogens (tertiary/aromatic N) is 6. The van der Waals surface area contributed by atoms with Crippen LogP contribution in [0, 0.1) is 20.2 Å². The highest BCUT2D eigenvalue weighted by Crippen LogP contribution is 2.24. The van der Waals surface area contributed by atoms with Gasteiger partial charge in [-0.15, -0.1) is 36.4 Å². The second-order valence-electron chi connectivity index (χ2n) is 8.66. The lowest BCUT2D eigenvalue weighted by atomic mass is 10.1. The van der Waals surface area contributed by atoms with Crippen molar-refractivity contribution in [3.05, 3.63) is 99.6 Å².